The van der Waals surface area contributed by atoms with Crippen LogP contribution in [0.25, 0.3) is 44.1 Å². The molecule has 0 atom stereocenters. The molecule has 0 fully saturated rings. The Morgan fingerprint density at radius 3 is 2.38 bits per heavy atom. The van der Waals surface area contributed by atoms with Gasteiger partial charge >= 0.3 is 0 Å². The fourth-order valence-electron chi connectivity index (χ4n) is 4.66. The summed E-state index contributed by atoms with van der Waals surface area (Å²) in [6.07, 6.45) is 3.09. The predicted molar refractivity (Wildman–Crippen MR) is 134 cm³/mol. The van der Waals surface area contributed by atoms with Gasteiger partial charge in [-0.3, -0.25) is 4.98 Å². The van der Waals surface area contributed by atoms with Crippen LogP contribution in [0.15, 0.2) is 53.1 Å². The molecule has 32 heavy (non-hydrogen) atoms. The Kier molecular flexibility index (Phi) is 5.00. The quantitative estimate of drug-likeness (QED) is 0.293. The van der Waals surface area contributed by atoms with Crippen molar-refractivity contribution < 1.29 is 4.42 Å². The van der Waals surface area contributed by atoms with Crippen LogP contribution in [0.2, 0.25) is 0 Å². The topological polar surface area (TPSA) is 38.9 Å². The van der Waals surface area contributed by atoms with Crippen molar-refractivity contribution in [1.82, 2.24) is 9.97 Å². The maximum Gasteiger partial charge on any atom is 0.227 e. The average molecular weight is 423 g/mol. The lowest BCUT2D eigenvalue weighted by Gasteiger charge is -2.15. The zero-order valence-electron chi connectivity index (χ0n) is 19.8. The van der Waals surface area contributed by atoms with Crippen LogP contribution in [-0.2, 0) is 6.42 Å². The Morgan fingerprint density at radius 2 is 1.62 bits per heavy atom. The van der Waals surface area contributed by atoms with E-state index in [9.17, 15) is 0 Å². The zero-order valence-corrected chi connectivity index (χ0v) is 19.8. The van der Waals surface area contributed by atoms with Gasteiger partial charge in [-0.2, -0.15) is 0 Å². The van der Waals surface area contributed by atoms with Crippen LogP contribution < -0.4 is 0 Å². The summed E-state index contributed by atoms with van der Waals surface area (Å²) < 4.78 is 6.33. The third kappa shape index (κ3) is 3.46. The standard InChI is InChI=1S/C29H30N2O/c1-16(2)11-21-15-30-27(22-10-8-20(17(3)4)14-24(21)22)26-13-18(5)12-25-23-9-7-19(6)31-29(23)32-28(25)26/h7-10,12-17H,11H2,1-6H3. The smallest absolute Gasteiger partial charge is 0.227 e. The van der Waals surface area contributed by atoms with Crippen molar-refractivity contribution in [2.45, 2.75) is 53.9 Å². The van der Waals surface area contributed by atoms with Crippen LogP contribution in [0.4, 0.5) is 0 Å². The number of fused-ring (bicyclic) bond motifs is 4. The van der Waals surface area contributed by atoms with E-state index in [1.807, 2.05) is 13.0 Å². The second-order valence-corrected chi connectivity index (χ2v) is 9.79. The largest absolute Gasteiger partial charge is 0.437 e. The molecule has 0 unspecified atom stereocenters. The number of furan rings is 1. The molecular formula is C29H30N2O. The van der Waals surface area contributed by atoms with Crippen LogP contribution in [0.5, 0.6) is 0 Å². The Balaban J connectivity index is 1.84. The summed E-state index contributed by atoms with van der Waals surface area (Å²) in [5, 5.41) is 4.64. The van der Waals surface area contributed by atoms with Gasteiger partial charge in [-0.25, -0.2) is 4.98 Å². The number of aromatic nitrogens is 2. The number of hydrogen-bond donors (Lipinski definition) is 0. The van der Waals surface area contributed by atoms with Crippen molar-refractivity contribution >= 4 is 32.8 Å². The molecule has 0 aliphatic carbocycles. The van der Waals surface area contributed by atoms with Crippen LogP contribution in [-0.4, -0.2) is 9.97 Å². The van der Waals surface area contributed by atoms with Crippen LogP contribution in [0.3, 0.4) is 0 Å². The van der Waals surface area contributed by atoms with Crippen LogP contribution in [0.1, 0.15) is 56.0 Å². The molecule has 0 saturated carbocycles. The van der Waals surface area contributed by atoms with Gasteiger partial charge in [0.15, 0.2) is 0 Å². The van der Waals surface area contributed by atoms with E-state index in [1.165, 1.54) is 27.5 Å². The van der Waals surface area contributed by atoms with Crippen molar-refractivity contribution in [2.75, 3.05) is 0 Å². The summed E-state index contributed by atoms with van der Waals surface area (Å²) in [4.78, 5) is 9.63. The molecule has 0 saturated heterocycles. The number of aryl methyl sites for hydroxylation is 2. The van der Waals surface area contributed by atoms with Crippen molar-refractivity contribution in [1.29, 1.82) is 0 Å². The minimum Gasteiger partial charge on any atom is -0.437 e. The van der Waals surface area contributed by atoms with Gasteiger partial charge < -0.3 is 4.42 Å². The van der Waals surface area contributed by atoms with Gasteiger partial charge in [-0.15, -0.1) is 0 Å². The SMILES string of the molecule is Cc1cc(-c2ncc(CC(C)C)c3cc(C(C)C)ccc23)c2oc3nc(C)ccc3c2c1. The molecule has 3 aromatic heterocycles. The first-order chi connectivity index (χ1) is 15.3. The van der Waals surface area contributed by atoms with Gasteiger partial charge in [-0.1, -0.05) is 45.9 Å². The summed E-state index contributed by atoms with van der Waals surface area (Å²) >= 11 is 0. The van der Waals surface area contributed by atoms with E-state index in [-0.39, 0.29) is 0 Å². The number of benzene rings is 2. The molecule has 3 heterocycles. The Labute approximate surface area is 189 Å². The lowest BCUT2D eigenvalue weighted by Crippen LogP contribution is -1.99. The first kappa shape index (κ1) is 20.7. The Morgan fingerprint density at radius 1 is 0.844 bits per heavy atom. The lowest BCUT2D eigenvalue weighted by molar-refractivity contribution is 0.648. The summed E-state index contributed by atoms with van der Waals surface area (Å²) in [6.45, 7) is 13.2. The highest BCUT2D eigenvalue weighted by Gasteiger charge is 2.18. The molecule has 3 heteroatoms. The van der Waals surface area contributed by atoms with Crippen LogP contribution >= 0.6 is 0 Å². The van der Waals surface area contributed by atoms with E-state index in [0.717, 1.165) is 39.7 Å². The highest BCUT2D eigenvalue weighted by atomic mass is 16.3. The molecule has 5 rings (SSSR count). The van der Waals surface area contributed by atoms with E-state index in [0.29, 0.717) is 17.5 Å². The summed E-state index contributed by atoms with van der Waals surface area (Å²) in [7, 11) is 0. The zero-order chi connectivity index (χ0) is 22.6. The molecule has 0 aliphatic heterocycles. The molecule has 0 aliphatic rings. The molecule has 3 nitrogen and oxygen atoms in total. The molecule has 0 N–H and O–H groups in total. The summed E-state index contributed by atoms with van der Waals surface area (Å²) in [5.41, 5.74) is 8.39. The van der Waals surface area contributed by atoms with E-state index in [1.54, 1.807) is 0 Å². The highest BCUT2D eigenvalue weighted by Crippen LogP contribution is 2.39. The Bertz CT molecular complexity index is 1470. The minimum atomic E-state index is 0.485. The fourth-order valence-corrected chi connectivity index (χ4v) is 4.66. The van der Waals surface area contributed by atoms with Gasteiger partial charge in [0.05, 0.1) is 5.69 Å². The highest BCUT2D eigenvalue weighted by molar-refractivity contribution is 6.11. The summed E-state index contributed by atoms with van der Waals surface area (Å²) in [6, 6.07) is 15.4. The average Bonchev–Trinajstić information content (AvgIpc) is 3.10. The maximum absolute atomic E-state index is 6.33. The molecule has 2 aromatic carbocycles. The van der Waals surface area contributed by atoms with Gasteiger partial charge in [0.2, 0.25) is 5.71 Å². The van der Waals surface area contributed by atoms with Crippen molar-refractivity contribution in [2.24, 2.45) is 5.92 Å². The number of rotatable bonds is 4. The van der Waals surface area contributed by atoms with Crippen molar-refractivity contribution in [3.8, 4) is 11.3 Å². The lowest BCUT2D eigenvalue weighted by atomic mass is 9.91. The first-order valence-corrected chi connectivity index (χ1v) is 11.5. The van der Waals surface area contributed by atoms with E-state index in [4.69, 9.17) is 9.40 Å². The number of pyridine rings is 2. The normalized spacial score (nSPS) is 12.1. The second-order valence-electron chi connectivity index (χ2n) is 9.79. The fraction of sp³-hybridized carbons (Fsp3) is 0.310. The van der Waals surface area contributed by atoms with Crippen molar-refractivity contribution in [3.63, 3.8) is 0 Å². The molecule has 5 aromatic rings. The monoisotopic (exact) mass is 422 g/mol. The second kappa shape index (κ2) is 7.74. The maximum atomic E-state index is 6.33. The van der Waals surface area contributed by atoms with E-state index >= 15 is 0 Å². The van der Waals surface area contributed by atoms with Crippen molar-refractivity contribution in [3.05, 3.63) is 71.0 Å². The summed E-state index contributed by atoms with van der Waals surface area (Å²) in [5.74, 6) is 1.06. The molecule has 0 radical (unpaired) electrons. The Hall–Kier alpha value is -3.20. The molecule has 0 amide bonds. The number of nitrogens with zero attached hydrogens (tertiary/aromatic N) is 2. The van der Waals surface area contributed by atoms with Gasteiger partial charge in [0.1, 0.15) is 5.58 Å². The van der Waals surface area contributed by atoms with Gasteiger partial charge in [-0.05, 0) is 78.4 Å². The molecule has 0 spiro atoms. The predicted octanol–water partition coefficient (Wildman–Crippen LogP) is 8.13. The molecule has 162 valence electrons. The third-order valence-corrected chi connectivity index (χ3v) is 6.27. The third-order valence-electron chi connectivity index (χ3n) is 6.27. The van der Waals surface area contributed by atoms with Gasteiger partial charge in [0, 0.05) is 33.6 Å². The van der Waals surface area contributed by atoms with Gasteiger partial charge in [0.25, 0.3) is 0 Å². The van der Waals surface area contributed by atoms with E-state index < -0.39 is 0 Å². The minimum absolute atomic E-state index is 0.485. The molecule has 0 bridgehead atoms. The first-order valence-electron chi connectivity index (χ1n) is 11.5. The van der Waals surface area contributed by atoms with E-state index in [2.05, 4.69) is 82.2 Å². The number of hydrogen-bond acceptors (Lipinski definition) is 3. The van der Waals surface area contributed by atoms with Crippen LogP contribution in [0, 0.1) is 19.8 Å². The molecular weight excluding hydrogens is 392 g/mol.